The van der Waals surface area contributed by atoms with E-state index in [4.69, 9.17) is 5.73 Å². The van der Waals surface area contributed by atoms with Gasteiger partial charge in [0.15, 0.2) is 0 Å². The molecule has 0 aromatic rings. The fourth-order valence-corrected chi connectivity index (χ4v) is 3.11. The Morgan fingerprint density at radius 1 is 1.40 bits per heavy atom. The molecule has 7 heteroatoms. The summed E-state index contributed by atoms with van der Waals surface area (Å²) >= 11 is 0. The van der Waals surface area contributed by atoms with Crippen molar-refractivity contribution in [1.29, 1.82) is 0 Å². The topological polar surface area (TPSA) is 63.4 Å². The van der Waals surface area contributed by atoms with Crippen LogP contribution >= 0.6 is 0 Å². The third-order valence-electron chi connectivity index (χ3n) is 2.63. The lowest BCUT2D eigenvalue weighted by Crippen LogP contribution is -2.46. The molecule has 0 aromatic carbocycles. The van der Waals surface area contributed by atoms with Crippen molar-refractivity contribution in [1.82, 2.24) is 4.31 Å². The summed E-state index contributed by atoms with van der Waals surface area (Å²) in [5.41, 5.74) is 5.33. The molecule has 0 aromatic heterocycles. The minimum atomic E-state index is -4.43. The zero-order valence-electron chi connectivity index (χ0n) is 8.40. The van der Waals surface area contributed by atoms with Gasteiger partial charge in [-0.3, -0.25) is 0 Å². The molecular formula is C8H16F2N2O2S. The number of hydrogen-bond acceptors (Lipinski definition) is 3. The van der Waals surface area contributed by atoms with Crippen molar-refractivity contribution in [2.45, 2.75) is 37.5 Å². The van der Waals surface area contributed by atoms with E-state index in [2.05, 4.69) is 0 Å². The third-order valence-corrected chi connectivity index (χ3v) is 4.21. The molecule has 1 heterocycles. The van der Waals surface area contributed by atoms with Crippen LogP contribution in [0.4, 0.5) is 8.78 Å². The second-order valence-electron chi connectivity index (χ2n) is 3.64. The van der Waals surface area contributed by atoms with Gasteiger partial charge in [0.1, 0.15) is 0 Å². The molecule has 1 fully saturated rings. The van der Waals surface area contributed by atoms with E-state index in [1.807, 2.05) is 0 Å². The Labute approximate surface area is 88.5 Å². The first kappa shape index (κ1) is 12.8. The summed E-state index contributed by atoms with van der Waals surface area (Å²) in [6.07, 6.45) is 2.60. The summed E-state index contributed by atoms with van der Waals surface area (Å²) in [6.45, 7) is 0.511. The normalized spacial score (nSPS) is 24.7. The summed E-state index contributed by atoms with van der Waals surface area (Å²) in [7, 11) is -4.43. The Hall–Kier alpha value is -0.270. The highest BCUT2D eigenvalue weighted by atomic mass is 32.2. The lowest BCUT2D eigenvalue weighted by Gasteiger charge is -2.34. The molecule has 0 radical (unpaired) electrons. The van der Waals surface area contributed by atoms with Crippen molar-refractivity contribution < 1.29 is 17.2 Å². The van der Waals surface area contributed by atoms with Crippen molar-refractivity contribution in [2.75, 3.05) is 13.1 Å². The quantitative estimate of drug-likeness (QED) is 0.791. The molecule has 4 nitrogen and oxygen atoms in total. The van der Waals surface area contributed by atoms with E-state index in [1.54, 1.807) is 0 Å². The van der Waals surface area contributed by atoms with E-state index < -0.39 is 15.8 Å². The number of sulfonamides is 1. The first-order valence-electron chi connectivity index (χ1n) is 4.99. The molecule has 1 aliphatic heterocycles. The Morgan fingerprint density at radius 3 is 2.60 bits per heavy atom. The number of piperidine rings is 1. The molecule has 2 N–H and O–H groups in total. The molecule has 0 saturated carbocycles. The summed E-state index contributed by atoms with van der Waals surface area (Å²) in [4.78, 5) is 0. The lowest BCUT2D eigenvalue weighted by atomic mass is 10.0. The van der Waals surface area contributed by atoms with E-state index in [-0.39, 0.29) is 12.6 Å². The maximum absolute atomic E-state index is 12.3. The number of alkyl halides is 2. The summed E-state index contributed by atoms with van der Waals surface area (Å²) in [5.74, 6) is -3.32. The predicted octanol–water partition coefficient (Wildman–Crippen LogP) is 0.742. The molecule has 1 atom stereocenters. The molecule has 1 aliphatic rings. The van der Waals surface area contributed by atoms with Crippen LogP contribution in [0.3, 0.4) is 0 Å². The number of nitrogens with zero attached hydrogens (tertiary/aromatic N) is 1. The Bertz CT molecular complexity index is 293. The standard InChI is InChI=1S/C8H16F2N2O2S/c9-8(10)15(13,14)12-6-2-1-3-7(12)4-5-11/h7-8H,1-6,11H2. The first-order valence-corrected chi connectivity index (χ1v) is 6.49. The number of rotatable bonds is 4. The SMILES string of the molecule is NCCC1CCCCN1S(=O)(=O)C(F)F. The fraction of sp³-hybridized carbons (Fsp3) is 1.00. The number of nitrogens with two attached hydrogens (primary N) is 1. The first-order chi connectivity index (χ1) is 7.00. The Balaban J connectivity index is 2.80. The zero-order valence-corrected chi connectivity index (χ0v) is 9.22. The number of hydrogen-bond donors (Lipinski definition) is 1. The maximum Gasteiger partial charge on any atom is 0.350 e. The summed E-state index contributed by atoms with van der Waals surface area (Å²) in [6, 6.07) is -0.345. The molecule has 0 aliphatic carbocycles. The molecule has 1 saturated heterocycles. The van der Waals surface area contributed by atoms with E-state index in [0.29, 0.717) is 25.8 Å². The largest absolute Gasteiger partial charge is 0.350 e. The Morgan fingerprint density at radius 2 is 2.07 bits per heavy atom. The van der Waals surface area contributed by atoms with Gasteiger partial charge < -0.3 is 5.73 Å². The smallest absolute Gasteiger partial charge is 0.330 e. The third kappa shape index (κ3) is 2.85. The molecule has 0 spiro atoms. The van der Waals surface area contributed by atoms with E-state index in [9.17, 15) is 17.2 Å². The van der Waals surface area contributed by atoms with Gasteiger partial charge in [-0.05, 0) is 25.8 Å². The van der Waals surface area contributed by atoms with Gasteiger partial charge in [0, 0.05) is 12.6 Å². The van der Waals surface area contributed by atoms with Gasteiger partial charge in [-0.25, -0.2) is 8.42 Å². The van der Waals surface area contributed by atoms with Gasteiger partial charge in [0.25, 0.3) is 10.0 Å². The monoisotopic (exact) mass is 242 g/mol. The second-order valence-corrected chi connectivity index (χ2v) is 5.50. The predicted molar refractivity (Wildman–Crippen MR) is 52.9 cm³/mol. The van der Waals surface area contributed by atoms with Crippen LogP contribution < -0.4 is 5.73 Å². The van der Waals surface area contributed by atoms with Gasteiger partial charge in [0.05, 0.1) is 0 Å². The molecule has 1 unspecified atom stereocenters. The van der Waals surface area contributed by atoms with Crippen molar-refractivity contribution in [2.24, 2.45) is 5.73 Å². The van der Waals surface area contributed by atoms with E-state index in [0.717, 1.165) is 10.7 Å². The second kappa shape index (κ2) is 5.18. The molecular weight excluding hydrogens is 226 g/mol. The molecule has 1 rings (SSSR count). The van der Waals surface area contributed by atoms with Crippen LogP contribution in [0.1, 0.15) is 25.7 Å². The van der Waals surface area contributed by atoms with Gasteiger partial charge in [-0.2, -0.15) is 13.1 Å². The van der Waals surface area contributed by atoms with Crippen LogP contribution in [0.15, 0.2) is 0 Å². The van der Waals surface area contributed by atoms with Crippen LogP contribution in [0, 0.1) is 0 Å². The Kier molecular flexibility index (Phi) is 4.42. The van der Waals surface area contributed by atoms with E-state index >= 15 is 0 Å². The van der Waals surface area contributed by atoms with Crippen LogP contribution in [0.5, 0.6) is 0 Å². The van der Waals surface area contributed by atoms with Crippen molar-refractivity contribution >= 4 is 10.0 Å². The summed E-state index contributed by atoms with van der Waals surface area (Å²) < 4.78 is 48.2. The van der Waals surface area contributed by atoms with Crippen molar-refractivity contribution in [3.63, 3.8) is 0 Å². The highest BCUT2D eigenvalue weighted by Gasteiger charge is 2.37. The lowest BCUT2D eigenvalue weighted by molar-refractivity contribution is 0.189. The summed E-state index contributed by atoms with van der Waals surface area (Å²) in [5, 5.41) is 0. The minimum Gasteiger partial charge on any atom is -0.330 e. The average Bonchev–Trinajstić information content (AvgIpc) is 2.18. The van der Waals surface area contributed by atoms with Crippen LogP contribution in [-0.4, -0.2) is 37.6 Å². The zero-order chi connectivity index (χ0) is 11.5. The van der Waals surface area contributed by atoms with Crippen LogP contribution in [-0.2, 0) is 10.0 Å². The van der Waals surface area contributed by atoms with Crippen LogP contribution in [0.25, 0.3) is 0 Å². The van der Waals surface area contributed by atoms with Gasteiger partial charge in [-0.15, -0.1) is 0 Å². The maximum atomic E-state index is 12.3. The number of halogens is 2. The van der Waals surface area contributed by atoms with Gasteiger partial charge in [-0.1, -0.05) is 6.42 Å². The van der Waals surface area contributed by atoms with Gasteiger partial charge >= 0.3 is 5.76 Å². The van der Waals surface area contributed by atoms with Crippen molar-refractivity contribution in [3.8, 4) is 0 Å². The molecule has 0 bridgehead atoms. The molecule has 0 amide bonds. The highest BCUT2D eigenvalue weighted by Crippen LogP contribution is 2.25. The molecule has 90 valence electrons. The highest BCUT2D eigenvalue weighted by molar-refractivity contribution is 7.89. The average molecular weight is 242 g/mol. The minimum absolute atomic E-state index is 0.192. The van der Waals surface area contributed by atoms with Crippen LogP contribution in [0.2, 0.25) is 0 Å². The fourth-order valence-electron chi connectivity index (χ4n) is 1.89. The molecule has 15 heavy (non-hydrogen) atoms. The van der Waals surface area contributed by atoms with Crippen molar-refractivity contribution in [3.05, 3.63) is 0 Å². The van der Waals surface area contributed by atoms with E-state index in [1.165, 1.54) is 0 Å². The van der Waals surface area contributed by atoms with Gasteiger partial charge in [0.2, 0.25) is 0 Å².